The van der Waals surface area contributed by atoms with E-state index in [2.05, 4.69) is 39.4 Å². The highest BCUT2D eigenvalue weighted by Crippen LogP contribution is 2.34. The largest absolute Gasteiger partial charge is 0.310 e. The fraction of sp³-hybridized carbons (Fsp3) is 0.250. The quantitative estimate of drug-likeness (QED) is 0.814. The van der Waals surface area contributed by atoms with E-state index in [0.29, 0.717) is 0 Å². The number of halogens is 2. The summed E-state index contributed by atoms with van der Waals surface area (Å²) in [6.45, 7) is 0.911. The van der Waals surface area contributed by atoms with Crippen LogP contribution >= 0.6 is 27.7 Å². The molecule has 0 aliphatic heterocycles. The summed E-state index contributed by atoms with van der Waals surface area (Å²) in [5.41, 5.74) is 1.27. The molecule has 0 amide bonds. The highest BCUT2D eigenvalue weighted by molar-refractivity contribution is 9.10. The van der Waals surface area contributed by atoms with Crippen LogP contribution in [-0.2, 0) is 6.54 Å². The van der Waals surface area contributed by atoms with Crippen molar-refractivity contribution in [3.63, 3.8) is 0 Å². The summed E-state index contributed by atoms with van der Waals surface area (Å²) >= 11 is 5.17. The zero-order chi connectivity index (χ0) is 13.9. The second kappa shape index (κ2) is 6.29. The molecule has 3 rings (SSSR count). The maximum absolute atomic E-state index is 13.2. The first-order valence-electron chi connectivity index (χ1n) is 6.66. The van der Waals surface area contributed by atoms with Gasteiger partial charge in [0.15, 0.2) is 0 Å². The van der Waals surface area contributed by atoms with Crippen LogP contribution in [-0.4, -0.2) is 6.04 Å². The maximum atomic E-state index is 13.2. The van der Waals surface area contributed by atoms with Crippen molar-refractivity contribution in [2.75, 3.05) is 0 Å². The highest BCUT2D eigenvalue weighted by atomic mass is 79.9. The molecule has 1 aliphatic rings. The van der Waals surface area contributed by atoms with Crippen LogP contribution in [0.4, 0.5) is 4.39 Å². The highest BCUT2D eigenvalue weighted by Gasteiger charge is 2.19. The first kappa shape index (κ1) is 14.1. The molecule has 0 aromatic heterocycles. The Morgan fingerprint density at radius 3 is 2.75 bits per heavy atom. The fourth-order valence-corrected chi connectivity index (χ4v) is 3.48. The Bertz CT molecular complexity index is 613. The van der Waals surface area contributed by atoms with Crippen LogP contribution in [0.25, 0.3) is 0 Å². The molecule has 1 fully saturated rings. The standard InChI is InChI=1S/C16H15BrFNS/c17-15-8-11(10-19-13-5-6-13)4-7-16(15)20-14-3-1-2-12(18)9-14/h1-4,7-9,13,19H,5-6,10H2. The molecule has 104 valence electrons. The average molecular weight is 352 g/mol. The van der Waals surface area contributed by atoms with Crippen LogP contribution in [0, 0.1) is 5.82 Å². The Morgan fingerprint density at radius 2 is 2.05 bits per heavy atom. The van der Waals surface area contributed by atoms with Crippen LogP contribution in [0.3, 0.4) is 0 Å². The fourth-order valence-electron chi connectivity index (χ4n) is 1.94. The van der Waals surface area contributed by atoms with Crippen LogP contribution in [0.15, 0.2) is 56.7 Å². The lowest BCUT2D eigenvalue weighted by molar-refractivity contribution is 0.624. The van der Waals surface area contributed by atoms with Gasteiger partial charge in [-0.1, -0.05) is 23.9 Å². The molecular formula is C16H15BrFNS. The van der Waals surface area contributed by atoms with Crippen LogP contribution in [0.1, 0.15) is 18.4 Å². The van der Waals surface area contributed by atoms with Gasteiger partial charge in [0.25, 0.3) is 0 Å². The van der Waals surface area contributed by atoms with Crippen molar-refractivity contribution in [3.05, 3.63) is 58.3 Å². The first-order valence-corrected chi connectivity index (χ1v) is 8.27. The number of nitrogens with one attached hydrogen (secondary N) is 1. The van der Waals surface area contributed by atoms with Crippen molar-refractivity contribution in [3.8, 4) is 0 Å². The lowest BCUT2D eigenvalue weighted by Crippen LogP contribution is -2.15. The predicted octanol–water partition coefficient (Wildman–Crippen LogP) is 4.99. The predicted molar refractivity (Wildman–Crippen MR) is 84.5 cm³/mol. The Morgan fingerprint density at radius 1 is 1.20 bits per heavy atom. The Hall–Kier alpha value is -0.840. The molecule has 1 nitrogen and oxygen atoms in total. The summed E-state index contributed by atoms with van der Waals surface area (Å²) in [5, 5.41) is 3.50. The summed E-state index contributed by atoms with van der Waals surface area (Å²) in [7, 11) is 0. The van der Waals surface area contributed by atoms with Crippen molar-refractivity contribution in [1.82, 2.24) is 5.32 Å². The normalized spacial score (nSPS) is 14.5. The monoisotopic (exact) mass is 351 g/mol. The molecular weight excluding hydrogens is 337 g/mol. The van der Waals surface area contributed by atoms with Crippen molar-refractivity contribution in [2.24, 2.45) is 0 Å². The van der Waals surface area contributed by atoms with E-state index < -0.39 is 0 Å². The topological polar surface area (TPSA) is 12.0 Å². The van der Waals surface area contributed by atoms with Crippen LogP contribution < -0.4 is 5.32 Å². The third kappa shape index (κ3) is 3.84. The van der Waals surface area contributed by atoms with Gasteiger partial charge in [0.2, 0.25) is 0 Å². The number of benzene rings is 2. The minimum absolute atomic E-state index is 0.198. The second-order valence-electron chi connectivity index (χ2n) is 4.98. The van der Waals surface area contributed by atoms with Gasteiger partial charge in [-0.3, -0.25) is 0 Å². The molecule has 0 saturated heterocycles. The zero-order valence-electron chi connectivity index (χ0n) is 10.9. The Balaban J connectivity index is 1.69. The van der Waals surface area contributed by atoms with E-state index in [1.807, 2.05) is 6.07 Å². The second-order valence-corrected chi connectivity index (χ2v) is 6.95. The summed E-state index contributed by atoms with van der Waals surface area (Å²) in [6, 6.07) is 13.7. The van der Waals surface area contributed by atoms with Gasteiger partial charge in [0.1, 0.15) is 5.82 Å². The van der Waals surface area contributed by atoms with Gasteiger partial charge in [0, 0.05) is 26.9 Å². The summed E-state index contributed by atoms with van der Waals surface area (Å²) < 4.78 is 14.2. The van der Waals surface area contributed by atoms with E-state index in [1.54, 1.807) is 23.9 Å². The third-order valence-electron chi connectivity index (χ3n) is 3.19. The van der Waals surface area contributed by atoms with E-state index in [9.17, 15) is 4.39 Å². The average Bonchev–Trinajstić information content (AvgIpc) is 3.23. The number of hydrogen-bond acceptors (Lipinski definition) is 2. The molecule has 20 heavy (non-hydrogen) atoms. The Kier molecular flexibility index (Phi) is 4.44. The van der Waals surface area contributed by atoms with Crippen LogP contribution in [0.5, 0.6) is 0 Å². The maximum Gasteiger partial charge on any atom is 0.124 e. The molecule has 2 aromatic rings. The number of rotatable bonds is 5. The Labute approximate surface area is 131 Å². The van der Waals surface area contributed by atoms with Crippen molar-refractivity contribution < 1.29 is 4.39 Å². The van der Waals surface area contributed by atoms with Crippen molar-refractivity contribution in [2.45, 2.75) is 35.2 Å². The lowest BCUT2D eigenvalue weighted by atomic mass is 10.2. The molecule has 0 radical (unpaired) electrons. The number of hydrogen-bond donors (Lipinski definition) is 1. The van der Waals surface area contributed by atoms with Gasteiger partial charge >= 0.3 is 0 Å². The SMILES string of the molecule is Fc1cccc(Sc2ccc(CNC3CC3)cc2Br)c1. The summed E-state index contributed by atoms with van der Waals surface area (Å²) in [5.74, 6) is -0.198. The zero-order valence-corrected chi connectivity index (χ0v) is 13.3. The molecule has 0 atom stereocenters. The molecule has 0 spiro atoms. The molecule has 2 aromatic carbocycles. The van der Waals surface area contributed by atoms with Gasteiger partial charge in [-0.25, -0.2) is 4.39 Å². The van der Waals surface area contributed by atoms with E-state index in [0.717, 1.165) is 26.9 Å². The van der Waals surface area contributed by atoms with Gasteiger partial charge in [-0.2, -0.15) is 0 Å². The molecule has 1 saturated carbocycles. The van der Waals surface area contributed by atoms with Gasteiger partial charge in [0.05, 0.1) is 0 Å². The molecule has 0 bridgehead atoms. The van der Waals surface area contributed by atoms with Gasteiger partial charge in [-0.15, -0.1) is 0 Å². The first-order chi connectivity index (χ1) is 9.70. The molecule has 1 aliphatic carbocycles. The molecule has 1 N–H and O–H groups in total. The van der Waals surface area contributed by atoms with Crippen molar-refractivity contribution in [1.29, 1.82) is 0 Å². The smallest absolute Gasteiger partial charge is 0.124 e. The minimum Gasteiger partial charge on any atom is -0.310 e. The minimum atomic E-state index is -0.198. The van der Waals surface area contributed by atoms with Crippen molar-refractivity contribution >= 4 is 27.7 Å². The lowest BCUT2D eigenvalue weighted by Gasteiger charge is -2.08. The van der Waals surface area contributed by atoms with E-state index in [-0.39, 0.29) is 5.82 Å². The summed E-state index contributed by atoms with van der Waals surface area (Å²) in [6.07, 6.45) is 2.60. The van der Waals surface area contributed by atoms with E-state index in [4.69, 9.17) is 0 Å². The molecule has 4 heteroatoms. The third-order valence-corrected chi connectivity index (χ3v) is 5.18. The van der Waals surface area contributed by atoms with Crippen LogP contribution in [0.2, 0.25) is 0 Å². The van der Waals surface area contributed by atoms with E-state index >= 15 is 0 Å². The molecule has 0 unspecified atom stereocenters. The van der Waals surface area contributed by atoms with Gasteiger partial charge in [-0.05, 0) is 64.7 Å². The van der Waals surface area contributed by atoms with E-state index in [1.165, 1.54) is 24.5 Å². The summed E-state index contributed by atoms with van der Waals surface area (Å²) in [4.78, 5) is 2.01. The molecule has 0 heterocycles. The van der Waals surface area contributed by atoms with Gasteiger partial charge < -0.3 is 5.32 Å².